The number of hydrogen-bond donors (Lipinski definition) is 2. The Kier molecular flexibility index (Phi) is 7.82. The fraction of sp³-hybridized carbons (Fsp3) is 0.588. The van der Waals surface area contributed by atoms with E-state index in [1.807, 2.05) is 12.1 Å². The van der Waals surface area contributed by atoms with Crippen molar-refractivity contribution in [3.05, 3.63) is 33.8 Å². The maximum absolute atomic E-state index is 12.7. The van der Waals surface area contributed by atoms with E-state index in [1.54, 1.807) is 6.07 Å². The van der Waals surface area contributed by atoms with Crippen LogP contribution < -0.4 is 11.1 Å². The summed E-state index contributed by atoms with van der Waals surface area (Å²) >= 11 is 12.1. The fourth-order valence-electron chi connectivity index (χ4n) is 2.79. The van der Waals surface area contributed by atoms with E-state index in [-0.39, 0.29) is 23.7 Å². The molecule has 0 saturated carbocycles. The van der Waals surface area contributed by atoms with Crippen LogP contribution in [0.3, 0.4) is 0 Å². The number of carbonyl (C=O) groups excluding carboxylic acids is 1. The van der Waals surface area contributed by atoms with Crippen molar-refractivity contribution in [3.8, 4) is 0 Å². The normalized spacial score (nSPS) is 17.0. The number of ether oxygens (including phenoxy) is 1. The highest BCUT2D eigenvalue weighted by molar-refractivity contribution is 6.42. The lowest BCUT2D eigenvalue weighted by Crippen LogP contribution is -2.51. The van der Waals surface area contributed by atoms with E-state index in [0.29, 0.717) is 49.2 Å². The van der Waals surface area contributed by atoms with Crippen LogP contribution in [0.15, 0.2) is 18.2 Å². The summed E-state index contributed by atoms with van der Waals surface area (Å²) in [5, 5.41) is 4.11. The zero-order valence-corrected chi connectivity index (χ0v) is 16.4. The van der Waals surface area contributed by atoms with Gasteiger partial charge in [0.1, 0.15) is 0 Å². The van der Waals surface area contributed by atoms with Crippen LogP contribution in [0.4, 0.5) is 0 Å². The average Bonchev–Trinajstić information content (AvgIpc) is 2.55. The van der Waals surface area contributed by atoms with Gasteiger partial charge in [-0.2, -0.15) is 0 Å². The Morgan fingerprint density at radius 2 is 1.92 bits per heavy atom. The molecule has 7 heteroatoms. The molecule has 1 heterocycles. The highest BCUT2D eigenvalue weighted by Crippen LogP contribution is 2.32. The summed E-state index contributed by atoms with van der Waals surface area (Å²) in [7, 11) is 0. The average molecular weight is 396 g/mol. The van der Waals surface area contributed by atoms with Gasteiger partial charge in [-0.05, 0) is 30.5 Å². The van der Waals surface area contributed by atoms with Crippen LogP contribution in [0.25, 0.3) is 0 Å². The molecule has 0 spiro atoms. The molecule has 1 amide bonds. The third kappa shape index (κ3) is 4.77. The van der Waals surface area contributed by atoms with Gasteiger partial charge in [-0.1, -0.05) is 43.1 Å². The number of halogens is 3. The third-order valence-electron chi connectivity index (χ3n) is 4.71. The van der Waals surface area contributed by atoms with Gasteiger partial charge in [-0.15, -0.1) is 12.4 Å². The van der Waals surface area contributed by atoms with Crippen molar-refractivity contribution < 1.29 is 9.53 Å². The van der Waals surface area contributed by atoms with Crippen molar-refractivity contribution >= 4 is 41.5 Å². The first-order chi connectivity index (χ1) is 10.8. The second-order valence-corrected chi connectivity index (χ2v) is 7.61. The Hall–Kier alpha value is -0.520. The minimum Gasteiger partial charge on any atom is -0.381 e. The first-order valence-electron chi connectivity index (χ1n) is 7.82. The Morgan fingerprint density at radius 3 is 2.46 bits per heavy atom. The molecule has 4 nitrogen and oxygen atoms in total. The SMILES string of the molecule is CC(C)(CNC(=O)C1(CN)CCOCC1)c1ccc(Cl)c(Cl)c1.Cl. The summed E-state index contributed by atoms with van der Waals surface area (Å²) in [5.74, 6) is 0.0106. The summed E-state index contributed by atoms with van der Waals surface area (Å²) in [6.45, 7) is 6.14. The molecule has 0 radical (unpaired) electrons. The lowest BCUT2D eigenvalue weighted by atomic mass is 9.78. The van der Waals surface area contributed by atoms with Gasteiger partial charge >= 0.3 is 0 Å². The fourth-order valence-corrected chi connectivity index (χ4v) is 3.09. The van der Waals surface area contributed by atoms with E-state index >= 15 is 0 Å². The molecule has 136 valence electrons. The molecule has 0 aliphatic carbocycles. The number of carbonyl (C=O) groups is 1. The molecule has 1 aromatic carbocycles. The van der Waals surface area contributed by atoms with Crippen LogP contribution >= 0.6 is 35.6 Å². The molecule has 0 unspecified atom stereocenters. The Morgan fingerprint density at radius 1 is 1.29 bits per heavy atom. The largest absolute Gasteiger partial charge is 0.381 e. The first kappa shape index (κ1) is 21.5. The van der Waals surface area contributed by atoms with Gasteiger partial charge in [0.2, 0.25) is 5.91 Å². The van der Waals surface area contributed by atoms with Gasteiger partial charge in [0.25, 0.3) is 0 Å². The molecule has 3 N–H and O–H groups in total. The molecule has 1 fully saturated rings. The molecule has 1 aliphatic heterocycles. The number of hydrogen-bond acceptors (Lipinski definition) is 3. The first-order valence-corrected chi connectivity index (χ1v) is 8.58. The molecular weight excluding hydrogens is 371 g/mol. The van der Waals surface area contributed by atoms with Gasteiger partial charge < -0.3 is 15.8 Å². The van der Waals surface area contributed by atoms with Gasteiger partial charge in [-0.3, -0.25) is 4.79 Å². The molecule has 2 rings (SSSR count). The smallest absolute Gasteiger partial charge is 0.227 e. The van der Waals surface area contributed by atoms with Gasteiger partial charge in [0.15, 0.2) is 0 Å². The van der Waals surface area contributed by atoms with Crippen molar-refractivity contribution in [2.45, 2.75) is 32.1 Å². The minimum atomic E-state index is -0.508. The molecule has 1 saturated heterocycles. The molecule has 1 aliphatic rings. The zero-order valence-electron chi connectivity index (χ0n) is 14.0. The number of amides is 1. The van der Waals surface area contributed by atoms with E-state index in [9.17, 15) is 4.79 Å². The van der Waals surface area contributed by atoms with Crippen LogP contribution in [0.5, 0.6) is 0 Å². The zero-order chi connectivity index (χ0) is 17.1. The van der Waals surface area contributed by atoms with Crippen molar-refractivity contribution in [1.29, 1.82) is 0 Å². The van der Waals surface area contributed by atoms with E-state index in [0.717, 1.165) is 5.56 Å². The summed E-state index contributed by atoms with van der Waals surface area (Å²) < 4.78 is 5.35. The van der Waals surface area contributed by atoms with Crippen molar-refractivity contribution in [2.75, 3.05) is 26.3 Å². The van der Waals surface area contributed by atoms with Crippen LogP contribution in [0.1, 0.15) is 32.3 Å². The van der Waals surface area contributed by atoms with Crippen LogP contribution in [0.2, 0.25) is 10.0 Å². The second kappa shape index (κ2) is 8.72. The molecule has 0 aromatic heterocycles. The quantitative estimate of drug-likeness (QED) is 0.801. The van der Waals surface area contributed by atoms with Crippen molar-refractivity contribution in [1.82, 2.24) is 5.32 Å². The van der Waals surface area contributed by atoms with Gasteiger partial charge in [-0.25, -0.2) is 0 Å². The highest BCUT2D eigenvalue weighted by Gasteiger charge is 2.39. The predicted molar refractivity (Wildman–Crippen MR) is 101 cm³/mol. The maximum atomic E-state index is 12.7. The molecule has 0 bridgehead atoms. The summed E-state index contributed by atoms with van der Waals surface area (Å²) in [4.78, 5) is 12.7. The van der Waals surface area contributed by atoms with Crippen LogP contribution in [-0.4, -0.2) is 32.2 Å². The summed E-state index contributed by atoms with van der Waals surface area (Å²) in [6.07, 6.45) is 1.34. The van der Waals surface area contributed by atoms with Crippen LogP contribution in [-0.2, 0) is 14.9 Å². The predicted octanol–water partition coefficient (Wildman–Crippen LogP) is 3.56. The number of benzene rings is 1. The molecule has 1 aromatic rings. The van der Waals surface area contributed by atoms with Gasteiger partial charge in [0.05, 0.1) is 15.5 Å². The highest BCUT2D eigenvalue weighted by atomic mass is 35.5. The number of nitrogens with two attached hydrogens (primary N) is 1. The lowest BCUT2D eigenvalue weighted by molar-refractivity contribution is -0.136. The topological polar surface area (TPSA) is 64.4 Å². The number of nitrogens with one attached hydrogen (secondary N) is 1. The van der Waals surface area contributed by atoms with Crippen molar-refractivity contribution in [2.24, 2.45) is 11.1 Å². The maximum Gasteiger partial charge on any atom is 0.227 e. The third-order valence-corrected chi connectivity index (χ3v) is 5.45. The van der Waals surface area contributed by atoms with Crippen LogP contribution in [0, 0.1) is 5.41 Å². The second-order valence-electron chi connectivity index (χ2n) is 6.79. The van der Waals surface area contributed by atoms with Crippen molar-refractivity contribution in [3.63, 3.8) is 0 Å². The Balaban J connectivity index is 0.00000288. The van der Waals surface area contributed by atoms with E-state index < -0.39 is 5.41 Å². The summed E-state index contributed by atoms with van der Waals surface area (Å²) in [6, 6.07) is 5.57. The number of rotatable bonds is 5. The monoisotopic (exact) mass is 394 g/mol. The molecule has 0 atom stereocenters. The minimum absolute atomic E-state index is 0. The Labute approximate surface area is 159 Å². The van der Waals surface area contributed by atoms with E-state index in [2.05, 4.69) is 19.2 Å². The van der Waals surface area contributed by atoms with Gasteiger partial charge in [0, 0.05) is 31.7 Å². The molecular formula is C17H25Cl3N2O2. The van der Waals surface area contributed by atoms with E-state index in [4.69, 9.17) is 33.7 Å². The summed E-state index contributed by atoms with van der Waals surface area (Å²) in [5.41, 5.74) is 6.14. The molecule has 24 heavy (non-hydrogen) atoms. The lowest BCUT2D eigenvalue weighted by Gasteiger charge is -2.36. The Bertz CT molecular complexity index is 573. The standard InChI is InChI=1S/C17H24Cl2N2O2.ClH/c1-16(2,12-3-4-13(18)14(19)9-12)11-21-15(22)17(10-20)5-7-23-8-6-17;/h3-4,9H,5-8,10-11,20H2,1-2H3,(H,21,22);1H. The van der Waals surface area contributed by atoms with E-state index in [1.165, 1.54) is 0 Å².